The van der Waals surface area contributed by atoms with Gasteiger partial charge in [0, 0.05) is 25.3 Å². The van der Waals surface area contributed by atoms with Crippen LogP contribution in [0.2, 0.25) is 0 Å². The lowest BCUT2D eigenvalue weighted by Gasteiger charge is -2.36. The second-order valence-electron chi connectivity index (χ2n) is 8.23. The number of esters is 1. The van der Waals surface area contributed by atoms with Crippen LogP contribution in [0.25, 0.3) is 0 Å². The van der Waals surface area contributed by atoms with Crippen LogP contribution >= 0.6 is 0 Å². The lowest BCUT2D eigenvalue weighted by molar-refractivity contribution is -0.160. The zero-order valence-corrected chi connectivity index (χ0v) is 18.1. The third-order valence-corrected chi connectivity index (χ3v) is 5.53. The summed E-state index contributed by atoms with van der Waals surface area (Å²) in [6.07, 6.45) is 0.907. The average molecular weight is 413 g/mol. The molecular formula is C20H36N4O5. The molecule has 9 heteroatoms. The highest BCUT2D eigenvalue weighted by molar-refractivity contribution is 5.77. The number of hydrogen-bond acceptors (Lipinski definition) is 5. The van der Waals surface area contributed by atoms with Crippen LogP contribution in [0.5, 0.6) is 0 Å². The summed E-state index contributed by atoms with van der Waals surface area (Å²) in [7, 11) is 0. The van der Waals surface area contributed by atoms with Crippen molar-refractivity contribution in [2.24, 2.45) is 40.1 Å². The molecule has 0 aromatic rings. The largest absolute Gasteiger partial charge is 0.481 e. The Morgan fingerprint density at radius 3 is 2.21 bits per heavy atom. The highest BCUT2D eigenvalue weighted by atomic mass is 16.5. The summed E-state index contributed by atoms with van der Waals surface area (Å²) in [5.74, 6) is -3.29. The van der Waals surface area contributed by atoms with Gasteiger partial charge in [-0.3, -0.25) is 14.4 Å². The predicted octanol–water partition coefficient (Wildman–Crippen LogP) is 1.25. The molecule has 0 spiro atoms. The van der Waals surface area contributed by atoms with Gasteiger partial charge in [-0.05, 0) is 18.3 Å². The molecule has 1 aliphatic carbocycles. The van der Waals surface area contributed by atoms with Gasteiger partial charge in [-0.2, -0.15) is 0 Å². The molecule has 0 aliphatic heterocycles. The Bertz CT molecular complexity index is 614. The number of carbonyl (C=O) groups is 3. The molecule has 9 nitrogen and oxygen atoms in total. The zero-order valence-electron chi connectivity index (χ0n) is 18.1. The summed E-state index contributed by atoms with van der Waals surface area (Å²) in [6, 6.07) is -0.993. The van der Waals surface area contributed by atoms with E-state index in [1.807, 2.05) is 27.7 Å². The fourth-order valence-electron chi connectivity index (χ4n) is 4.31. The van der Waals surface area contributed by atoms with Crippen molar-refractivity contribution >= 4 is 23.8 Å². The normalized spacial score (nSPS) is 24.9. The second kappa shape index (κ2) is 11.0. The number of carboxylic acid groups (broad SMARTS) is 1. The van der Waals surface area contributed by atoms with Crippen molar-refractivity contribution in [3.63, 3.8) is 0 Å². The maximum absolute atomic E-state index is 12.4. The molecule has 166 valence electrons. The number of guanidine groups is 1. The number of hydrogen-bond donors (Lipinski definition) is 4. The first-order valence-electron chi connectivity index (χ1n) is 10.3. The van der Waals surface area contributed by atoms with Gasteiger partial charge < -0.3 is 26.6 Å². The summed E-state index contributed by atoms with van der Waals surface area (Å²) < 4.78 is 5.70. The summed E-state index contributed by atoms with van der Waals surface area (Å²) in [5, 5.41) is 12.7. The van der Waals surface area contributed by atoms with E-state index in [1.54, 1.807) is 0 Å². The number of carbonyl (C=O) groups excluding carboxylic acids is 2. The number of rotatable bonds is 10. The summed E-state index contributed by atoms with van der Waals surface area (Å²) >= 11 is 0. The Labute approximate surface area is 172 Å². The van der Waals surface area contributed by atoms with Crippen molar-refractivity contribution in [3.8, 4) is 0 Å². The first-order valence-corrected chi connectivity index (χ1v) is 10.3. The molecule has 5 atom stereocenters. The molecule has 1 unspecified atom stereocenters. The van der Waals surface area contributed by atoms with E-state index in [4.69, 9.17) is 16.2 Å². The number of nitrogens with one attached hydrogen (secondary N) is 1. The van der Waals surface area contributed by atoms with Gasteiger partial charge in [0.2, 0.25) is 5.91 Å². The summed E-state index contributed by atoms with van der Waals surface area (Å²) in [5.41, 5.74) is 11.2. The minimum Gasteiger partial charge on any atom is -0.481 e. The third kappa shape index (κ3) is 6.90. The molecule has 1 fully saturated rings. The zero-order chi connectivity index (χ0) is 22.3. The monoisotopic (exact) mass is 412 g/mol. The van der Waals surface area contributed by atoms with E-state index in [9.17, 15) is 19.5 Å². The Morgan fingerprint density at radius 1 is 1.21 bits per heavy atom. The molecule has 1 aliphatic rings. The number of nitrogens with zero attached hydrogens (tertiary/aromatic N) is 1. The first-order chi connectivity index (χ1) is 13.5. The van der Waals surface area contributed by atoms with E-state index in [0.717, 1.165) is 12.8 Å². The molecule has 0 heterocycles. The Kier molecular flexibility index (Phi) is 9.39. The molecule has 29 heavy (non-hydrogen) atoms. The van der Waals surface area contributed by atoms with Gasteiger partial charge in [0.05, 0.1) is 12.0 Å². The van der Waals surface area contributed by atoms with Gasteiger partial charge >= 0.3 is 11.9 Å². The van der Waals surface area contributed by atoms with Crippen LogP contribution in [-0.2, 0) is 19.1 Å². The van der Waals surface area contributed by atoms with Crippen LogP contribution in [0, 0.1) is 23.7 Å². The van der Waals surface area contributed by atoms with Gasteiger partial charge in [0.15, 0.2) is 5.96 Å². The smallest absolute Gasteiger partial charge is 0.310 e. The van der Waals surface area contributed by atoms with E-state index < -0.39 is 42.0 Å². The Balaban J connectivity index is 3.43. The molecule has 0 aromatic heterocycles. The van der Waals surface area contributed by atoms with Gasteiger partial charge in [-0.15, -0.1) is 0 Å². The van der Waals surface area contributed by atoms with Crippen molar-refractivity contribution in [2.45, 2.75) is 78.5 Å². The Morgan fingerprint density at radius 2 is 1.79 bits per heavy atom. The average Bonchev–Trinajstić information content (AvgIpc) is 2.91. The van der Waals surface area contributed by atoms with Crippen LogP contribution in [-0.4, -0.2) is 47.1 Å². The molecule has 0 radical (unpaired) electrons. The molecule has 0 bridgehead atoms. The number of amides is 1. The standard InChI is InChI=1S/C20H36N4O5/c1-6-12(7-2)17(23-11(5)25)16-14(24-20(21)22)9-13(19(27)28)18(16)29-15(26)8-10(3)4/h10,12-14,16-18H,6-9H2,1-5H3,(H,23,25)(H,27,28)(H4,21,22,24)/t13-,14+,16+,17?,18+/m0/s1. The highest BCUT2D eigenvalue weighted by Crippen LogP contribution is 2.41. The minimum absolute atomic E-state index is 0.0550. The van der Waals surface area contributed by atoms with E-state index >= 15 is 0 Å². The minimum atomic E-state index is -1.07. The molecule has 0 aromatic carbocycles. The maximum Gasteiger partial charge on any atom is 0.310 e. The third-order valence-electron chi connectivity index (χ3n) is 5.53. The summed E-state index contributed by atoms with van der Waals surface area (Å²) in [6.45, 7) is 9.18. The molecule has 1 rings (SSSR count). The van der Waals surface area contributed by atoms with Gasteiger partial charge in [-0.1, -0.05) is 40.5 Å². The van der Waals surface area contributed by atoms with E-state index in [-0.39, 0.29) is 36.5 Å². The SMILES string of the molecule is CCC(CC)C(NC(C)=O)[C@@H]1[C@H](OC(=O)CC(C)C)[C@@H](C(=O)O)C[C@H]1N=C(N)N. The van der Waals surface area contributed by atoms with Crippen molar-refractivity contribution < 1.29 is 24.2 Å². The van der Waals surface area contributed by atoms with E-state index in [1.165, 1.54) is 6.92 Å². The van der Waals surface area contributed by atoms with Gasteiger partial charge in [0.1, 0.15) is 6.10 Å². The van der Waals surface area contributed by atoms with Crippen LogP contribution in [0.15, 0.2) is 4.99 Å². The number of aliphatic carboxylic acids is 1. The summed E-state index contributed by atoms with van der Waals surface area (Å²) in [4.78, 5) is 40.6. The maximum atomic E-state index is 12.4. The van der Waals surface area contributed by atoms with Crippen molar-refractivity contribution in [2.75, 3.05) is 0 Å². The van der Waals surface area contributed by atoms with Crippen molar-refractivity contribution in [3.05, 3.63) is 0 Å². The molecule has 6 N–H and O–H groups in total. The lowest BCUT2D eigenvalue weighted by Crippen LogP contribution is -2.52. The number of nitrogens with two attached hydrogens (primary N) is 2. The van der Waals surface area contributed by atoms with Gasteiger partial charge in [-0.25, -0.2) is 4.99 Å². The van der Waals surface area contributed by atoms with Crippen LogP contribution in [0.4, 0.5) is 0 Å². The van der Waals surface area contributed by atoms with Crippen molar-refractivity contribution in [1.82, 2.24) is 5.32 Å². The molecule has 0 saturated heterocycles. The lowest BCUT2D eigenvalue weighted by atomic mass is 9.80. The number of ether oxygens (including phenoxy) is 1. The van der Waals surface area contributed by atoms with Crippen LogP contribution in [0.3, 0.4) is 0 Å². The Hall–Kier alpha value is -2.32. The predicted molar refractivity (Wildman–Crippen MR) is 110 cm³/mol. The van der Waals surface area contributed by atoms with Crippen molar-refractivity contribution in [1.29, 1.82) is 0 Å². The quantitative estimate of drug-likeness (QED) is 0.239. The first kappa shape index (κ1) is 24.7. The molecule has 1 amide bonds. The molecule has 1 saturated carbocycles. The van der Waals surface area contributed by atoms with Gasteiger partial charge in [0.25, 0.3) is 0 Å². The van der Waals surface area contributed by atoms with E-state index in [0.29, 0.717) is 0 Å². The highest BCUT2D eigenvalue weighted by Gasteiger charge is 2.53. The second-order valence-corrected chi connectivity index (χ2v) is 8.23. The fourth-order valence-corrected chi connectivity index (χ4v) is 4.31. The topological polar surface area (TPSA) is 157 Å². The van der Waals surface area contributed by atoms with Crippen LogP contribution in [0.1, 0.15) is 60.3 Å². The van der Waals surface area contributed by atoms with Crippen LogP contribution < -0.4 is 16.8 Å². The number of carboxylic acids is 1. The number of aliphatic imine (C=N–C) groups is 1. The molecular weight excluding hydrogens is 376 g/mol. The van der Waals surface area contributed by atoms with E-state index in [2.05, 4.69) is 10.3 Å². The fraction of sp³-hybridized carbons (Fsp3) is 0.800.